The van der Waals surface area contributed by atoms with E-state index in [-0.39, 0.29) is 9.92 Å². The molecule has 0 unspecified atom stereocenters. The highest BCUT2D eigenvalue weighted by Gasteiger charge is 2.25. The maximum absolute atomic E-state index is 12.9. The number of aromatic nitrogens is 3. The van der Waals surface area contributed by atoms with Crippen LogP contribution in [0.2, 0.25) is 5.02 Å². The molecule has 25 heavy (non-hydrogen) atoms. The van der Waals surface area contributed by atoms with Crippen molar-refractivity contribution in [2.24, 2.45) is 0 Å². The number of rotatable bonds is 4. The SMILES string of the molecule is Cc1c(S(=O)(=O)c2ccc(C(C)C)cc2)nnn1-c1ccc(Cl)cc1. The fraction of sp³-hybridized carbons (Fsp3) is 0.222. The van der Waals surface area contributed by atoms with Gasteiger partial charge in [-0.1, -0.05) is 42.8 Å². The molecule has 0 atom stereocenters. The zero-order chi connectivity index (χ0) is 18.2. The molecule has 0 radical (unpaired) electrons. The van der Waals surface area contributed by atoms with Crippen LogP contribution >= 0.6 is 11.6 Å². The van der Waals surface area contributed by atoms with Crippen LogP contribution in [0, 0.1) is 6.92 Å². The Morgan fingerprint density at radius 1 is 1.00 bits per heavy atom. The van der Waals surface area contributed by atoms with E-state index < -0.39 is 9.84 Å². The van der Waals surface area contributed by atoms with Crippen LogP contribution in [-0.2, 0) is 9.84 Å². The fourth-order valence-corrected chi connectivity index (χ4v) is 4.00. The summed E-state index contributed by atoms with van der Waals surface area (Å²) in [6.45, 7) is 5.81. The van der Waals surface area contributed by atoms with Crippen molar-refractivity contribution in [2.75, 3.05) is 0 Å². The Hall–Kier alpha value is -2.18. The number of sulfone groups is 1. The second-order valence-corrected chi connectivity index (χ2v) is 8.40. The lowest BCUT2D eigenvalue weighted by atomic mass is 10.0. The summed E-state index contributed by atoms with van der Waals surface area (Å²) in [4.78, 5) is 0.211. The van der Waals surface area contributed by atoms with E-state index in [2.05, 4.69) is 24.2 Å². The summed E-state index contributed by atoms with van der Waals surface area (Å²) in [6, 6.07) is 13.9. The first-order chi connectivity index (χ1) is 11.8. The van der Waals surface area contributed by atoms with Crippen LogP contribution in [0.1, 0.15) is 31.0 Å². The summed E-state index contributed by atoms with van der Waals surface area (Å²) >= 11 is 5.89. The number of benzene rings is 2. The van der Waals surface area contributed by atoms with E-state index >= 15 is 0 Å². The highest BCUT2D eigenvalue weighted by atomic mass is 35.5. The van der Waals surface area contributed by atoms with Crippen molar-refractivity contribution >= 4 is 21.4 Å². The molecule has 0 saturated carbocycles. The van der Waals surface area contributed by atoms with Crippen molar-refractivity contribution in [3.63, 3.8) is 0 Å². The average molecular weight is 376 g/mol. The Balaban J connectivity index is 2.02. The van der Waals surface area contributed by atoms with E-state index in [4.69, 9.17) is 11.6 Å². The molecule has 0 saturated heterocycles. The van der Waals surface area contributed by atoms with Crippen LogP contribution in [0.3, 0.4) is 0 Å². The van der Waals surface area contributed by atoms with Crippen molar-refractivity contribution < 1.29 is 8.42 Å². The van der Waals surface area contributed by atoms with Gasteiger partial charge < -0.3 is 0 Å². The van der Waals surface area contributed by atoms with E-state index in [9.17, 15) is 8.42 Å². The molecule has 0 aliphatic rings. The van der Waals surface area contributed by atoms with Gasteiger partial charge in [-0.25, -0.2) is 13.1 Å². The Morgan fingerprint density at radius 2 is 1.60 bits per heavy atom. The standard InChI is InChI=1S/C18H18ClN3O2S/c1-12(2)14-4-10-17(11-5-14)25(23,24)18-13(3)22(21-20-18)16-8-6-15(19)7-9-16/h4-12H,1-3H3. The van der Waals surface area contributed by atoms with E-state index in [0.29, 0.717) is 22.3 Å². The van der Waals surface area contributed by atoms with Crippen molar-refractivity contribution in [1.82, 2.24) is 15.0 Å². The summed E-state index contributed by atoms with van der Waals surface area (Å²) in [7, 11) is -3.73. The molecule has 1 aromatic heterocycles. The Kier molecular flexibility index (Phi) is 4.67. The molecular formula is C18H18ClN3O2S. The quantitative estimate of drug-likeness (QED) is 0.686. The van der Waals surface area contributed by atoms with Crippen LogP contribution in [0.25, 0.3) is 5.69 Å². The molecular weight excluding hydrogens is 358 g/mol. The largest absolute Gasteiger partial charge is 0.227 e. The Bertz CT molecular complexity index is 992. The van der Waals surface area contributed by atoms with Crippen molar-refractivity contribution in [1.29, 1.82) is 0 Å². The zero-order valence-electron chi connectivity index (χ0n) is 14.1. The maximum atomic E-state index is 12.9. The Morgan fingerprint density at radius 3 is 2.16 bits per heavy atom. The molecule has 0 amide bonds. The van der Waals surface area contributed by atoms with Gasteiger partial charge in [0, 0.05) is 5.02 Å². The predicted molar refractivity (Wildman–Crippen MR) is 97.1 cm³/mol. The number of hydrogen-bond acceptors (Lipinski definition) is 4. The first-order valence-electron chi connectivity index (χ1n) is 7.84. The van der Waals surface area contributed by atoms with E-state index in [1.807, 2.05) is 12.1 Å². The first-order valence-corrected chi connectivity index (χ1v) is 9.70. The molecule has 130 valence electrons. The molecule has 0 aliphatic heterocycles. The summed E-state index contributed by atoms with van der Waals surface area (Å²) in [5.41, 5.74) is 2.24. The Labute approximate surface area is 152 Å². The molecule has 1 heterocycles. The average Bonchev–Trinajstić information content (AvgIpc) is 2.98. The number of halogens is 1. The minimum absolute atomic E-state index is 0.0419. The van der Waals surface area contributed by atoms with Gasteiger partial charge in [0.1, 0.15) is 0 Å². The molecule has 2 aromatic carbocycles. The highest BCUT2D eigenvalue weighted by molar-refractivity contribution is 7.91. The molecule has 3 aromatic rings. The normalized spacial score (nSPS) is 11.9. The van der Waals surface area contributed by atoms with Crippen molar-refractivity contribution in [2.45, 2.75) is 36.6 Å². The number of nitrogens with zero attached hydrogens (tertiary/aromatic N) is 3. The van der Waals surface area contributed by atoms with Crippen LogP contribution < -0.4 is 0 Å². The minimum Gasteiger partial charge on any atom is -0.217 e. The van der Waals surface area contributed by atoms with Gasteiger partial charge in [-0.15, -0.1) is 5.10 Å². The van der Waals surface area contributed by atoms with Gasteiger partial charge in [0.05, 0.1) is 16.3 Å². The summed E-state index contributed by atoms with van der Waals surface area (Å²) in [5, 5.41) is 8.46. The van der Waals surface area contributed by atoms with E-state index in [1.54, 1.807) is 43.3 Å². The summed E-state index contributed by atoms with van der Waals surface area (Å²) in [5.74, 6) is 0.337. The zero-order valence-corrected chi connectivity index (χ0v) is 15.7. The monoisotopic (exact) mass is 375 g/mol. The lowest BCUT2D eigenvalue weighted by Crippen LogP contribution is -2.06. The van der Waals surface area contributed by atoms with Gasteiger partial charge in [0.2, 0.25) is 14.9 Å². The third-order valence-corrected chi connectivity index (χ3v) is 6.07. The smallest absolute Gasteiger partial charge is 0.217 e. The van der Waals surface area contributed by atoms with Crippen molar-refractivity contribution in [3.05, 3.63) is 64.8 Å². The van der Waals surface area contributed by atoms with E-state index in [1.165, 1.54) is 4.68 Å². The van der Waals surface area contributed by atoms with Gasteiger partial charge in [-0.3, -0.25) is 0 Å². The van der Waals surface area contributed by atoms with E-state index in [0.717, 1.165) is 5.56 Å². The van der Waals surface area contributed by atoms with Gasteiger partial charge in [-0.05, 0) is 54.8 Å². The number of hydrogen-bond donors (Lipinski definition) is 0. The van der Waals surface area contributed by atoms with Crippen LogP contribution in [0.4, 0.5) is 0 Å². The molecule has 3 rings (SSSR count). The third-order valence-electron chi connectivity index (χ3n) is 4.04. The topological polar surface area (TPSA) is 64.8 Å². The molecule has 0 N–H and O–H groups in total. The molecule has 7 heteroatoms. The molecule has 0 bridgehead atoms. The molecule has 0 spiro atoms. The second-order valence-electron chi connectivity index (χ2n) is 6.10. The van der Waals surface area contributed by atoms with Gasteiger partial charge >= 0.3 is 0 Å². The van der Waals surface area contributed by atoms with Gasteiger partial charge in [-0.2, -0.15) is 0 Å². The third kappa shape index (κ3) is 3.32. The molecule has 0 aliphatic carbocycles. The molecule has 0 fully saturated rings. The first kappa shape index (κ1) is 17.6. The predicted octanol–water partition coefficient (Wildman–Crippen LogP) is 4.19. The fourth-order valence-electron chi connectivity index (χ4n) is 2.53. The lowest BCUT2D eigenvalue weighted by molar-refractivity contribution is 0.591. The second kappa shape index (κ2) is 6.61. The van der Waals surface area contributed by atoms with Crippen molar-refractivity contribution in [3.8, 4) is 5.69 Å². The van der Waals surface area contributed by atoms with Gasteiger partial charge in [0.15, 0.2) is 0 Å². The summed E-state index contributed by atoms with van der Waals surface area (Å²) < 4.78 is 27.3. The maximum Gasteiger partial charge on any atom is 0.227 e. The van der Waals surface area contributed by atoms with Crippen LogP contribution in [0.15, 0.2) is 58.5 Å². The minimum atomic E-state index is -3.73. The molecule has 5 nitrogen and oxygen atoms in total. The lowest BCUT2D eigenvalue weighted by Gasteiger charge is -2.07. The summed E-state index contributed by atoms with van der Waals surface area (Å²) in [6.07, 6.45) is 0. The van der Waals surface area contributed by atoms with Gasteiger partial charge in [0.25, 0.3) is 0 Å². The van der Waals surface area contributed by atoms with Crippen LogP contribution in [0.5, 0.6) is 0 Å². The highest BCUT2D eigenvalue weighted by Crippen LogP contribution is 2.25. The van der Waals surface area contributed by atoms with Crippen LogP contribution in [-0.4, -0.2) is 23.4 Å².